The number of pyridine rings is 1. The predicted molar refractivity (Wildman–Crippen MR) is 76.0 cm³/mol. The van der Waals surface area contributed by atoms with E-state index in [9.17, 15) is 4.79 Å². The van der Waals surface area contributed by atoms with Crippen molar-refractivity contribution in [3.63, 3.8) is 0 Å². The molecule has 0 spiro atoms. The maximum Gasteiger partial charge on any atom is 0.260 e. The number of aromatic nitrogens is 1. The highest BCUT2D eigenvalue weighted by Gasteiger charge is 2.13. The van der Waals surface area contributed by atoms with Crippen molar-refractivity contribution in [2.45, 2.75) is 20.4 Å². The molecule has 0 fully saturated rings. The molecule has 2 N–H and O–H groups in total. The van der Waals surface area contributed by atoms with E-state index in [4.69, 9.17) is 10.5 Å². The van der Waals surface area contributed by atoms with Crippen molar-refractivity contribution in [2.75, 3.05) is 7.11 Å². The van der Waals surface area contributed by atoms with Crippen molar-refractivity contribution < 1.29 is 4.74 Å². The van der Waals surface area contributed by atoms with Crippen LogP contribution in [0.5, 0.6) is 5.75 Å². The van der Waals surface area contributed by atoms with E-state index in [1.807, 2.05) is 44.2 Å². The van der Waals surface area contributed by atoms with Crippen molar-refractivity contribution in [3.05, 3.63) is 57.5 Å². The highest BCUT2D eigenvalue weighted by atomic mass is 16.5. The molecule has 0 radical (unpaired) electrons. The molecule has 0 saturated heterocycles. The minimum atomic E-state index is -0.0792. The molecule has 0 aliphatic carbocycles. The Balaban J connectivity index is 2.79. The highest BCUT2D eigenvalue weighted by Crippen LogP contribution is 2.22. The summed E-state index contributed by atoms with van der Waals surface area (Å²) in [5.74, 6) is 0.666. The Labute approximate surface area is 112 Å². The van der Waals surface area contributed by atoms with Gasteiger partial charge in [0.2, 0.25) is 0 Å². The fourth-order valence-corrected chi connectivity index (χ4v) is 2.29. The second-order valence-electron chi connectivity index (χ2n) is 4.46. The van der Waals surface area contributed by atoms with Gasteiger partial charge in [-0.1, -0.05) is 12.1 Å². The van der Waals surface area contributed by atoms with Crippen LogP contribution >= 0.6 is 0 Å². The topological polar surface area (TPSA) is 57.2 Å². The van der Waals surface area contributed by atoms with Crippen molar-refractivity contribution in [1.29, 1.82) is 0 Å². The number of hydrogen-bond donors (Lipinski definition) is 1. The molecule has 0 aliphatic heterocycles. The molecule has 0 amide bonds. The summed E-state index contributed by atoms with van der Waals surface area (Å²) >= 11 is 0. The molecule has 2 aromatic rings. The number of hydrogen-bond acceptors (Lipinski definition) is 3. The minimum absolute atomic E-state index is 0.0792. The average Bonchev–Trinajstić information content (AvgIpc) is 2.39. The van der Waals surface area contributed by atoms with E-state index in [2.05, 4.69) is 0 Å². The van der Waals surface area contributed by atoms with Gasteiger partial charge in [-0.2, -0.15) is 0 Å². The number of para-hydroxylation sites is 2. The van der Waals surface area contributed by atoms with Crippen LogP contribution in [0.3, 0.4) is 0 Å². The fraction of sp³-hybridized carbons (Fsp3) is 0.267. The van der Waals surface area contributed by atoms with E-state index < -0.39 is 0 Å². The van der Waals surface area contributed by atoms with Gasteiger partial charge >= 0.3 is 0 Å². The maximum absolute atomic E-state index is 12.5. The third kappa shape index (κ3) is 2.27. The van der Waals surface area contributed by atoms with Gasteiger partial charge in [-0.25, -0.2) is 0 Å². The second kappa shape index (κ2) is 5.28. The van der Waals surface area contributed by atoms with Gasteiger partial charge in [-0.05, 0) is 37.6 Å². The van der Waals surface area contributed by atoms with Gasteiger partial charge in [-0.15, -0.1) is 0 Å². The molecular weight excluding hydrogens is 240 g/mol. The molecule has 0 unspecified atom stereocenters. The van der Waals surface area contributed by atoms with Crippen LogP contribution in [0.1, 0.15) is 16.8 Å². The zero-order valence-electron chi connectivity index (χ0n) is 11.4. The van der Waals surface area contributed by atoms with E-state index in [1.54, 1.807) is 11.7 Å². The lowest BCUT2D eigenvalue weighted by Gasteiger charge is -2.16. The van der Waals surface area contributed by atoms with Crippen LogP contribution in [0.4, 0.5) is 0 Å². The predicted octanol–water partition coefficient (Wildman–Crippen LogP) is 1.92. The van der Waals surface area contributed by atoms with Gasteiger partial charge in [0.05, 0.1) is 12.8 Å². The summed E-state index contributed by atoms with van der Waals surface area (Å²) < 4.78 is 6.97. The number of ether oxygens (including phenoxy) is 1. The molecule has 1 aromatic carbocycles. The molecule has 0 saturated carbocycles. The largest absolute Gasteiger partial charge is 0.495 e. The van der Waals surface area contributed by atoms with Gasteiger partial charge in [0.15, 0.2) is 0 Å². The first kappa shape index (κ1) is 13.4. The molecule has 100 valence electrons. The lowest BCUT2D eigenvalue weighted by atomic mass is 10.1. The summed E-state index contributed by atoms with van der Waals surface area (Å²) in [4.78, 5) is 12.5. The lowest BCUT2D eigenvalue weighted by Crippen LogP contribution is -2.27. The quantitative estimate of drug-likeness (QED) is 0.915. The summed E-state index contributed by atoms with van der Waals surface area (Å²) in [6.07, 6.45) is 0. The van der Waals surface area contributed by atoms with Crippen LogP contribution in [0, 0.1) is 13.8 Å². The molecule has 0 atom stereocenters. The third-order valence-electron chi connectivity index (χ3n) is 3.25. The molecule has 2 rings (SSSR count). The number of benzene rings is 1. The molecule has 1 heterocycles. The molecule has 4 heteroatoms. The average molecular weight is 258 g/mol. The molecule has 4 nitrogen and oxygen atoms in total. The lowest BCUT2D eigenvalue weighted by molar-refractivity contribution is 0.412. The first-order chi connectivity index (χ1) is 9.10. The van der Waals surface area contributed by atoms with E-state index in [-0.39, 0.29) is 12.1 Å². The number of methoxy groups -OCH3 is 1. The Kier molecular flexibility index (Phi) is 3.71. The van der Waals surface area contributed by atoms with Gasteiger partial charge < -0.3 is 10.5 Å². The van der Waals surface area contributed by atoms with Crippen molar-refractivity contribution in [3.8, 4) is 11.4 Å². The van der Waals surface area contributed by atoms with Gasteiger partial charge in [0, 0.05) is 17.8 Å². The second-order valence-corrected chi connectivity index (χ2v) is 4.46. The Morgan fingerprint density at radius 2 is 1.95 bits per heavy atom. The fourth-order valence-electron chi connectivity index (χ4n) is 2.29. The van der Waals surface area contributed by atoms with Crippen LogP contribution in [0.15, 0.2) is 35.1 Å². The Morgan fingerprint density at radius 1 is 1.26 bits per heavy atom. The third-order valence-corrected chi connectivity index (χ3v) is 3.25. The van der Waals surface area contributed by atoms with Crippen LogP contribution < -0.4 is 16.0 Å². The number of rotatable bonds is 3. The Morgan fingerprint density at radius 3 is 2.58 bits per heavy atom. The van der Waals surface area contributed by atoms with E-state index in [0.717, 1.165) is 16.9 Å². The van der Waals surface area contributed by atoms with Gasteiger partial charge in [-0.3, -0.25) is 9.36 Å². The highest BCUT2D eigenvalue weighted by molar-refractivity contribution is 5.48. The normalized spacial score (nSPS) is 10.5. The SMILES string of the molecule is COc1ccccc1-n1c(C)cc(C)c(CN)c1=O. The van der Waals surface area contributed by atoms with Gasteiger partial charge in [0.25, 0.3) is 5.56 Å². The smallest absolute Gasteiger partial charge is 0.260 e. The standard InChI is InChI=1S/C15H18N2O2/c1-10-8-11(2)17(15(18)12(10)9-16)13-6-4-5-7-14(13)19-3/h4-8H,9,16H2,1-3H3. The summed E-state index contributed by atoms with van der Waals surface area (Å²) in [5, 5.41) is 0. The monoisotopic (exact) mass is 258 g/mol. The Bertz CT molecular complexity index is 660. The summed E-state index contributed by atoms with van der Waals surface area (Å²) in [6.45, 7) is 4.05. The van der Waals surface area contributed by atoms with E-state index in [0.29, 0.717) is 11.3 Å². The summed E-state index contributed by atoms with van der Waals surface area (Å²) in [6, 6.07) is 9.43. The molecule has 1 aromatic heterocycles. The zero-order valence-corrected chi connectivity index (χ0v) is 11.4. The Hall–Kier alpha value is -2.07. The summed E-state index contributed by atoms with van der Waals surface area (Å²) in [7, 11) is 1.59. The minimum Gasteiger partial charge on any atom is -0.495 e. The van der Waals surface area contributed by atoms with Gasteiger partial charge in [0.1, 0.15) is 5.75 Å². The summed E-state index contributed by atoms with van der Waals surface area (Å²) in [5.41, 5.74) is 8.76. The molecule has 0 aliphatic rings. The zero-order chi connectivity index (χ0) is 14.0. The van der Waals surface area contributed by atoms with Crippen LogP contribution in [0.2, 0.25) is 0 Å². The number of nitrogens with two attached hydrogens (primary N) is 1. The van der Waals surface area contributed by atoms with Crippen molar-refractivity contribution >= 4 is 0 Å². The van der Waals surface area contributed by atoms with Crippen LogP contribution in [-0.2, 0) is 6.54 Å². The van der Waals surface area contributed by atoms with E-state index >= 15 is 0 Å². The molecule has 19 heavy (non-hydrogen) atoms. The van der Waals surface area contributed by atoms with Crippen LogP contribution in [0.25, 0.3) is 5.69 Å². The first-order valence-electron chi connectivity index (χ1n) is 6.15. The maximum atomic E-state index is 12.5. The number of aryl methyl sites for hydroxylation is 2. The molecular formula is C15H18N2O2. The molecule has 0 bridgehead atoms. The number of nitrogens with zero attached hydrogens (tertiary/aromatic N) is 1. The van der Waals surface area contributed by atoms with E-state index in [1.165, 1.54) is 0 Å². The van der Waals surface area contributed by atoms with Crippen molar-refractivity contribution in [2.24, 2.45) is 5.73 Å². The van der Waals surface area contributed by atoms with Crippen LogP contribution in [-0.4, -0.2) is 11.7 Å². The first-order valence-corrected chi connectivity index (χ1v) is 6.15. The van der Waals surface area contributed by atoms with Crippen molar-refractivity contribution in [1.82, 2.24) is 4.57 Å².